The summed E-state index contributed by atoms with van der Waals surface area (Å²) >= 11 is 0. The number of benzene rings is 2. The Balaban J connectivity index is 1.67. The minimum atomic E-state index is -0.0434. The normalized spacial score (nSPS) is 10.7. The van der Waals surface area contributed by atoms with E-state index in [1.165, 1.54) is 12.0 Å². The lowest BCUT2D eigenvalue weighted by atomic mass is 10.1. The maximum atomic E-state index is 12.1. The Bertz CT molecular complexity index is 760. The number of hydrogen-bond donors (Lipinski definition) is 1. The van der Waals surface area contributed by atoms with Gasteiger partial charge in [0.1, 0.15) is 5.52 Å². The largest absolute Gasteiger partial charge is 0.443 e. The lowest BCUT2D eigenvalue weighted by molar-refractivity contribution is -0.115. The molecule has 1 heterocycles. The van der Waals surface area contributed by atoms with Gasteiger partial charge in [0.05, 0.1) is 6.42 Å². The van der Waals surface area contributed by atoms with Gasteiger partial charge in [-0.15, -0.1) is 0 Å². The molecule has 1 aromatic heterocycles. The fourth-order valence-electron chi connectivity index (χ4n) is 2.22. The number of aryl methyl sites for hydroxylation is 1. The van der Waals surface area contributed by atoms with Crippen LogP contribution < -0.4 is 5.32 Å². The first-order chi connectivity index (χ1) is 10.2. The minimum absolute atomic E-state index is 0.0434. The second kappa shape index (κ2) is 5.79. The minimum Gasteiger partial charge on any atom is -0.443 e. The topological polar surface area (TPSA) is 55.1 Å². The molecule has 0 spiro atoms. The molecule has 1 N–H and O–H groups in total. The Morgan fingerprint density at radius 3 is 2.67 bits per heavy atom. The average Bonchev–Trinajstić information content (AvgIpc) is 2.95. The van der Waals surface area contributed by atoms with Crippen LogP contribution in [0.5, 0.6) is 0 Å². The van der Waals surface area contributed by atoms with Crippen molar-refractivity contribution in [2.24, 2.45) is 0 Å². The lowest BCUT2D eigenvalue weighted by Gasteiger charge is -2.06. The van der Waals surface area contributed by atoms with Gasteiger partial charge in [0, 0.05) is 5.69 Å². The van der Waals surface area contributed by atoms with Crippen LogP contribution in [0.2, 0.25) is 0 Å². The molecular weight excluding hydrogens is 264 g/mol. The van der Waals surface area contributed by atoms with E-state index >= 15 is 0 Å². The highest BCUT2D eigenvalue weighted by Crippen LogP contribution is 2.15. The van der Waals surface area contributed by atoms with Crippen molar-refractivity contribution in [3.05, 3.63) is 60.0 Å². The van der Waals surface area contributed by atoms with Gasteiger partial charge in [-0.25, -0.2) is 4.98 Å². The molecule has 0 saturated carbocycles. The standard InChI is InChI=1S/C17H16N2O2/c1-2-12-3-6-14(7-4-12)19-17(20)10-13-5-8-15-16(9-13)21-11-18-15/h3-9,11H,2,10H2,1H3,(H,19,20). The zero-order valence-electron chi connectivity index (χ0n) is 11.8. The van der Waals surface area contributed by atoms with Crippen molar-refractivity contribution in [1.82, 2.24) is 4.98 Å². The third-order valence-corrected chi connectivity index (χ3v) is 3.41. The van der Waals surface area contributed by atoms with Gasteiger partial charge in [0.15, 0.2) is 12.0 Å². The summed E-state index contributed by atoms with van der Waals surface area (Å²) in [6.45, 7) is 2.10. The SMILES string of the molecule is CCc1ccc(NC(=O)Cc2ccc3ncoc3c2)cc1. The van der Waals surface area contributed by atoms with E-state index in [9.17, 15) is 4.79 Å². The van der Waals surface area contributed by atoms with Crippen LogP contribution in [0.3, 0.4) is 0 Å². The molecule has 2 aromatic carbocycles. The summed E-state index contributed by atoms with van der Waals surface area (Å²) in [7, 11) is 0. The van der Waals surface area contributed by atoms with E-state index in [2.05, 4.69) is 17.2 Å². The molecule has 0 aliphatic carbocycles. The van der Waals surface area contributed by atoms with E-state index < -0.39 is 0 Å². The molecule has 0 radical (unpaired) electrons. The summed E-state index contributed by atoms with van der Waals surface area (Å²) in [6, 6.07) is 13.5. The quantitative estimate of drug-likeness (QED) is 0.794. The Kier molecular flexibility index (Phi) is 3.69. The third-order valence-electron chi connectivity index (χ3n) is 3.41. The summed E-state index contributed by atoms with van der Waals surface area (Å²) in [5.41, 5.74) is 4.48. The third kappa shape index (κ3) is 3.11. The second-order valence-electron chi connectivity index (χ2n) is 4.93. The number of oxazole rings is 1. The van der Waals surface area contributed by atoms with Crippen LogP contribution in [0, 0.1) is 0 Å². The maximum absolute atomic E-state index is 12.1. The van der Waals surface area contributed by atoms with E-state index in [1.807, 2.05) is 42.5 Å². The second-order valence-corrected chi connectivity index (χ2v) is 4.93. The molecule has 3 rings (SSSR count). The first-order valence-corrected chi connectivity index (χ1v) is 6.95. The number of carbonyl (C=O) groups is 1. The van der Waals surface area contributed by atoms with Crippen LogP contribution >= 0.6 is 0 Å². The molecule has 106 valence electrons. The van der Waals surface area contributed by atoms with Crippen molar-refractivity contribution in [2.45, 2.75) is 19.8 Å². The fourth-order valence-corrected chi connectivity index (χ4v) is 2.22. The molecule has 1 amide bonds. The van der Waals surface area contributed by atoms with Crippen LogP contribution in [0.4, 0.5) is 5.69 Å². The van der Waals surface area contributed by atoms with Crippen molar-refractivity contribution >= 4 is 22.7 Å². The highest BCUT2D eigenvalue weighted by atomic mass is 16.3. The molecule has 0 bridgehead atoms. The van der Waals surface area contributed by atoms with Gasteiger partial charge in [0.2, 0.25) is 5.91 Å². The Morgan fingerprint density at radius 1 is 1.14 bits per heavy atom. The summed E-state index contributed by atoms with van der Waals surface area (Å²) in [5, 5.41) is 2.90. The molecule has 0 aliphatic heterocycles. The van der Waals surface area contributed by atoms with Gasteiger partial charge < -0.3 is 9.73 Å². The Hall–Kier alpha value is -2.62. The highest BCUT2D eigenvalue weighted by molar-refractivity contribution is 5.92. The summed E-state index contributed by atoms with van der Waals surface area (Å²) < 4.78 is 5.24. The molecule has 21 heavy (non-hydrogen) atoms. The van der Waals surface area contributed by atoms with Crippen LogP contribution in [-0.4, -0.2) is 10.9 Å². The van der Waals surface area contributed by atoms with E-state index in [0.29, 0.717) is 12.0 Å². The van der Waals surface area contributed by atoms with E-state index in [1.54, 1.807) is 0 Å². The number of nitrogens with zero attached hydrogens (tertiary/aromatic N) is 1. The maximum Gasteiger partial charge on any atom is 0.228 e. The monoisotopic (exact) mass is 280 g/mol. The van der Waals surface area contributed by atoms with Crippen molar-refractivity contribution < 1.29 is 9.21 Å². The number of hydrogen-bond acceptors (Lipinski definition) is 3. The highest BCUT2D eigenvalue weighted by Gasteiger charge is 2.06. The van der Waals surface area contributed by atoms with Crippen molar-refractivity contribution in [1.29, 1.82) is 0 Å². The van der Waals surface area contributed by atoms with E-state index in [-0.39, 0.29) is 5.91 Å². The van der Waals surface area contributed by atoms with Gasteiger partial charge in [0.25, 0.3) is 0 Å². The van der Waals surface area contributed by atoms with E-state index in [0.717, 1.165) is 23.2 Å². The van der Waals surface area contributed by atoms with Crippen molar-refractivity contribution in [2.75, 3.05) is 5.32 Å². The summed E-state index contributed by atoms with van der Waals surface area (Å²) in [6.07, 6.45) is 2.71. The van der Waals surface area contributed by atoms with Crippen molar-refractivity contribution in [3.63, 3.8) is 0 Å². The van der Waals surface area contributed by atoms with Crippen LogP contribution in [0.25, 0.3) is 11.1 Å². The zero-order valence-corrected chi connectivity index (χ0v) is 11.8. The van der Waals surface area contributed by atoms with Gasteiger partial charge in [-0.1, -0.05) is 25.1 Å². The average molecular weight is 280 g/mol. The van der Waals surface area contributed by atoms with Crippen LogP contribution in [0.1, 0.15) is 18.1 Å². The molecule has 0 saturated heterocycles. The molecular formula is C17H16N2O2. The smallest absolute Gasteiger partial charge is 0.228 e. The molecule has 0 fully saturated rings. The van der Waals surface area contributed by atoms with Gasteiger partial charge >= 0.3 is 0 Å². The van der Waals surface area contributed by atoms with Crippen molar-refractivity contribution in [3.8, 4) is 0 Å². The molecule has 0 aliphatic rings. The zero-order chi connectivity index (χ0) is 14.7. The molecule has 0 unspecified atom stereocenters. The first kappa shape index (κ1) is 13.4. The molecule has 4 nitrogen and oxygen atoms in total. The first-order valence-electron chi connectivity index (χ1n) is 6.95. The summed E-state index contributed by atoms with van der Waals surface area (Å²) in [4.78, 5) is 16.1. The summed E-state index contributed by atoms with van der Waals surface area (Å²) in [5.74, 6) is -0.0434. The van der Waals surface area contributed by atoms with Gasteiger partial charge in [-0.05, 0) is 41.8 Å². The predicted octanol–water partition coefficient (Wildman–Crippen LogP) is 3.57. The number of carbonyl (C=O) groups excluding carboxylic acids is 1. The number of nitrogens with one attached hydrogen (secondary N) is 1. The number of fused-ring (bicyclic) bond motifs is 1. The van der Waals surface area contributed by atoms with Gasteiger partial charge in [-0.3, -0.25) is 4.79 Å². The Labute approximate surface area is 122 Å². The lowest BCUT2D eigenvalue weighted by Crippen LogP contribution is -2.14. The predicted molar refractivity (Wildman–Crippen MR) is 82.2 cm³/mol. The molecule has 4 heteroatoms. The van der Waals surface area contributed by atoms with Crippen LogP contribution in [-0.2, 0) is 17.6 Å². The molecule has 3 aromatic rings. The number of aromatic nitrogens is 1. The van der Waals surface area contributed by atoms with Gasteiger partial charge in [-0.2, -0.15) is 0 Å². The Morgan fingerprint density at radius 2 is 1.90 bits per heavy atom. The number of rotatable bonds is 4. The molecule has 0 atom stereocenters. The van der Waals surface area contributed by atoms with Crippen LogP contribution in [0.15, 0.2) is 53.3 Å². The van der Waals surface area contributed by atoms with E-state index in [4.69, 9.17) is 4.42 Å². The fraction of sp³-hybridized carbons (Fsp3) is 0.176. The number of anilines is 1. The number of amides is 1.